The zero-order valence-corrected chi connectivity index (χ0v) is 16.7. The van der Waals surface area contributed by atoms with Gasteiger partial charge in [0.2, 0.25) is 11.8 Å². The molecular formula is C20H21ClN4O3. The summed E-state index contributed by atoms with van der Waals surface area (Å²) in [5.41, 5.74) is 2.61. The Bertz CT molecular complexity index is 960. The lowest BCUT2D eigenvalue weighted by Gasteiger charge is -2.25. The summed E-state index contributed by atoms with van der Waals surface area (Å²) in [6.45, 7) is 5.64. The second kappa shape index (κ2) is 7.98. The van der Waals surface area contributed by atoms with Crippen LogP contribution in [0, 0.1) is 0 Å². The predicted molar refractivity (Wildman–Crippen MR) is 105 cm³/mol. The Hall–Kier alpha value is -2.93. The number of rotatable bonds is 4. The first-order valence-corrected chi connectivity index (χ1v) is 9.27. The number of benzene rings is 1. The fraction of sp³-hybridized carbons (Fsp3) is 0.300. The molecule has 0 aliphatic carbocycles. The van der Waals surface area contributed by atoms with Gasteiger partial charge in [0.1, 0.15) is 12.2 Å². The number of nitrogens with zero attached hydrogens (tertiary/aromatic N) is 3. The first kappa shape index (κ1) is 19.8. The first-order valence-electron chi connectivity index (χ1n) is 8.89. The summed E-state index contributed by atoms with van der Waals surface area (Å²) < 4.78 is 2.00. The van der Waals surface area contributed by atoms with Crippen molar-refractivity contribution < 1.29 is 14.4 Å². The molecule has 3 amide bonds. The molecule has 0 unspecified atom stereocenters. The average Bonchev–Trinajstić information content (AvgIpc) is 3.02. The molecule has 28 heavy (non-hydrogen) atoms. The Morgan fingerprint density at radius 3 is 2.57 bits per heavy atom. The predicted octanol–water partition coefficient (Wildman–Crippen LogP) is 2.55. The molecule has 1 fully saturated rings. The van der Waals surface area contributed by atoms with Crippen LogP contribution in [-0.2, 0) is 20.9 Å². The van der Waals surface area contributed by atoms with Gasteiger partial charge in [0, 0.05) is 24.2 Å². The van der Waals surface area contributed by atoms with Crippen LogP contribution in [0.2, 0.25) is 5.02 Å². The van der Waals surface area contributed by atoms with Gasteiger partial charge in [-0.05, 0) is 29.7 Å². The fourth-order valence-corrected chi connectivity index (χ4v) is 3.28. The summed E-state index contributed by atoms with van der Waals surface area (Å²) in [5.74, 6) is -1.29. The van der Waals surface area contributed by atoms with E-state index in [-0.39, 0.29) is 18.2 Å². The van der Waals surface area contributed by atoms with E-state index in [1.54, 1.807) is 6.33 Å². The monoisotopic (exact) mass is 400 g/mol. The minimum atomic E-state index is -0.533. The molecule has 0 atom stereocenters. The lowest BCUT2D eigenvalue weighted by molar-refractivity contribution is -0.147. The van der Waals surface area contributed by atoms with Gasteiger partial charge in [0.15, 0.2) is 0 Å². The van der Waals surface area contributed by atoms with E-state index < -0.39 is 17.7 Å². The number of halogens is 1. The number of aromatic nitrogens is 2. The molecule has 1 aromatic carbocycles. The minimum absolute atomic E-state index is 0.0464. The van der Waals surface area contributed by atoms with Gasteiger partial charge in [-0.1, -0.05) is 37.6 Å². The number of hydrogen-bond donors (Lipinski definition) is 1. The van der Waals surface area contributed by atoms with Gasteiger partial charge >= 0.3 is 0 Å². The smallest absolute Gasteiger partial charge is 0.277 e. The zero-order valence-electron chi connectivity index (χ0n) is 15.9. The summed E-state index contributed by atoms with van der Waals surface area (Å²) in [6.07, 6.45) is 3.23. The van der Waals surface area contributed by atoms with Crippen molar-refractivity contribution in [3.8, 4) is 0 Å². The number of carbonyl (C=O) groups is 3. The highest BCUT2D eigenvalue weighted by atomic mass is 35.5. The Kier molecular flexibility index (Phi) is 5.65. The molecule has 0 bridgehead atoms. The van der Waals surface area contributed by atoms with Crippen LogP contribution in [0.25, 0.3) is 6.08 Å². The first-order chi connectivity index (χ1) is 13.3. The van der Waals surface area contributed by atoms with Crippen LogP contribution in [0.15, 0.2) is 36.3 Å². The van der Waals surface area contributed by atoms with E-state index in [1.165, 1.54) is 13.0 Å². The topological polar surface area (TPSA) is 84.3 Å². The number of carbonyl (C=O) groups excluding carboxylic acids is 3. The van der Waals surface area contributed by atoms with E-state index in [9.17, 15) is 14.4 Å². The van der Waals surface area contributed by atoms with Crippen molar-refractivity contribution in [2.45, 2.75) is 33.2 Å². The number of piperazine rings is 1. The Morgan fingerprint density at radius 2 is 1.96 bits per heavy atom. The van der Waals surface area contributed by atoms with Crippen molar-refractivity contribution in [3.05, 3.63) is 58.3 Å². The van der Waals surface area contributed by atoms with E-state index in [4.69, 9.17) is 11.6 Å². The van der Waals surface area contributed by atoms with Crippen LogP contribution in [-0.4, -0.2) is 38.7 Å². The molecule has 0 radical (unpaired) electrons. The summed E-state index contributed by atoms with van der Waals surface area (Å²) in [4.78, 5) is 41.4. The number of imide groups is 1. The minimum Gasteiger partial charge on any atom is -0.329 e. The highest BCUT2D eigenvalue weighted by molar-refractivity contribution is 6.30. The second-order valence-corrected chi connectivity index (χ2v) is 7.38. The van der Waals surface area contributed by atoms with Crippen molar-refractivity contribution in [2.24, 2.45) is 0 Å². The molecule has 7 nitrogen and oxygen atoms in total. The summed E-state index contributed by atoms with van der Waals surface area (Å²) in [7, 11) is 0. The number of nitrogens with one attached hydrogen (secondary N) is 1. The molecule has 3 rings (SSSR count). The fourth-order valence-electron chi connectivity index (χ4n) is 3.15. The van der Waals surface area contributed by atoms with Crippen molar-refractivity contribution in [2.75, 3.05) is 6.54 Å². The van der Waals surface area contributed by atoms with Crippen LogP contribution >= 0.6 is 11.6 Å². The summed E-state index contributed by atoms with van der Waals surface area (Å²) in [6, 6.07) is 7.55. The van der Waals surface area contributed by atoms with Crippen LogP contribution in [0.1, 0.15) is 43.6 Å². The molecule has 8 heteroatoms. The van der Waals surface area contributed by atoms with Crippen molar-refractivity contribution in [1.29, 1.82) is 0 Å². The van der Waals surface area contributed by atoms with Gasteiger partial charge in [0.25, 0.3) is 5.91 Å². The number of amides is 3. The standard InChI is InChI=1S/C20H21ClN4O3/c1-12(2)19-16(8-17-20(28)25(13(3)26)10-18(27)23-17)22-11-24(19)9-14-4-6-15(21)7-5-14/h4-8,11-12H,9-10H2,1-3H3,(H,23,27)/b17-8-. The van der Waals surface area contributed by atoms with E-state index >= 15 is 0 Å². The summed E-state index contributed by atoms with van der Waals surface area (Å²) >= 11 is 5.95. The largest absolute Gasteiger partial charge is 0.329 e. The third kappa shape index (κ3) is 4.14. The maximum Gasteiger partial charge on any atom is 0.277 e. The van der Waals surface area contributed by atoms with Gasteiger partial charge in [-0.15, -0.1) is 0 Å². The van der Waals surface area contributed by atoms with Crippen molar-refractivity contribution >= 4 is 35.4 Å². The lowest BCUT2D eigenvalue weighted by atomic mass is 10.1. The Morgan fingerprint density at radius 1 is 1.29 bits per heavy atom. The number of hydrogen-bond acceptors (Lipinski definition) is 4. The quantitative estimate of drug-likeness (QED) is 0.799. The van der Waals surface area contributed by atoms with Crippen molar-refractivity contribution in [3.63, 3.8) is 0 Å². The molecule has 1 aliphatic heterocycles. The van der Waals surface area contributed by atoms with Crippen LogP contribution in [0.4, 0.5) is 0 Å². The molecule has 1 aliphatic rings. The van der Waals surface area contributed by atoms with E-state index in [0.717, 1.165) is 16.2 Å². The molecule has 2 heterocycles. The van der Waals surface area contributed by atoms with Crippen LogP contribution in [0.5, 0.6) is 0 Å². The van der Waals surface area contributed by atoms with Crippen molar-refractivity contribution in [1.82, 2.24) is 19.8 Å². The van der Waals surface area contributed by atoms with Crippen LogP contribution in [0.3, 0.4) is 0 Å². The molecule has 0 saturated carbocycles. The van der Waals surface area contributed by atoms with E-state index in [1.807, 2.05) is 42.7 Å². The molecule has 0 spiro atoms. The van der Waals surface area contributed by atoms with Gasteiger partial charge in [-0.2, -0.15) is 0 Å². The van der Waals surface area contributed by atoms with E-state index in [0.29, 0.717) is 17.3 Å². The highest BCUT2D eigenvalue weighted by Crippen LogP contribution is 2.23. The Labute approximate surface area is 168 Å². The van der Waals surface area contributed by atoms with Gasteiger partial charge in [-0.3, -0.25) is 19.3 Å². The van der Waals surface area contributed by atoms with Crippen LogP contribution < -0.4 is 5.32 Å². The molecule has 146 valence electrons. The Balaban J connectivity index is 1.95. The van der Waals surface area contributed by atoms with Gasteiger partial charge in [-0.25, -0.2) is 4.98 Å². The van der Waals surface area contributed by atoms with Gasteiger partial charge in [0.05, 0.1) is 12.0 Å². The third-order valence-electron chi connectivity index (χ3n) is 4.43. The van der Waals surface area contributed by atoms with Gasteiger partial charge < -0.3 is 9.88 Å². The third-order valence-corrected chi connectivity index (χ3v) is 4.69. The molecule has 2 aromatic rings. The normalized spacial score (nSPS) is 16.0. The van der Waals surface area contributed by atoms with E-state index in [2.05, 4.69) is 10.3 Å². The number of imidazole rings is 1. The maximum absolute atomic E-state index is 12.5. The second-order valence-electron chi connectivity index (χ2n) is 6.94. The average molecular weight is 401 g/mol. The molecule has 1 saturated heterocycles. The lowest BCUT2D eigenvalue weighted by Crippen LogP contribution is -2.51. The molecule has 1 aromatic heterocycles. The molecule has 1 N–H and O–H groups in total. The molecular weight excluding hydrogens is 380 g/mol. The summed E-state index contributed by atoms with van der Waals surface area (Å²) in [5, 5.41) is 3.22. The SMILES string of the molecule is CC(=O)N1CC(=O)N/C(=C\c2ncn(Cc3ccc(Cl)cc3)c2C(C)C)C1=O. The zero-order chi connectivity index (χ0) is 20.4. The maximum atomic E-state index is 12.5. The highest BCUT2D eigenvalue weighted by Gasteiger charge is 2.31.